The van der Waals surface area contributed by atoms with E-state index in [1.807, 2.05) is 147 Å². The molecule has 0 saturated heterocycles. The normalized spacial score (nSPS) is 9.55. The summed E-state index contributed by atoms with van der Waals surface area (Å²) in [5.74, 6) is -2.09. The molecule has 2 aromatic heterocycles. The second-order valence-corrected chi connectivity index (χ2v) is 25.9. The van der Waals surface area contributed by atoms with E-state index in [0.717, 1.165) is 92.7 Å². The molecule has 0 radical (unpaired) electrons. The van der Waals surface area contributed by atoms with Gasteiger partial charge in [-0.25, -0.2) is 9.97 Å². The van der Waals surface area contributed by atoms with Crippen LogP contribution in [0, 0.1) is 148 Å². The number of phenolic OH excluding ortho intramolecular Hbond substituents is 2. The van der Waals surface area contributed by atoms with Gasteiger partial charge < -0.3 is 108 Å². The smallest absolute Gasteiger partial charge is 0.340 e. The third-order valence-corrected chi connectivity index (χ3v) is 16.1. The monoisotopic (exact) mass is 1690 g/mol. The predicted molar refractivity (Wildman–Crippen MR) is 483 cm³/mol. The van der Waals surface area contributed by atoms with E-state index in [2.05, 4.69) is 9.97 Å². The Hall–Kier alpha value is -17.0. The number of halogens is 2. The topological polar surface area (TPSA) is 767 Å². The van der Waals surface area contributed by atoms with E-state index in [9.17, 15) is 69.5 Å². The lowest BCUT2D eigenvalue weighted by atomic mass is 10.1. The van der Waals surface area contributed by atoms with E-state index in [4.69, 9.17) is 108 Å². The largest absolute Gasteiger partial charge is 0.508 e. The van der Waals surface area contributed by atoms with Crippen molar-refractivity contribution in [1.29, 1.82) is 0 Å². The fourth-order valence-electron chi connectivity index (χ4n) is 8.86. The Bertz CT molecular complexity index is 5110. The number of hydrogen-bond acceptors (Lipinski definition) is 33. The van der Waals surface area contributed by atoms with Gasteiger partial charge in [-0.05, 0) is 223 Å². The van der Waals surface area contributed by atoms with Gasteiger partial charge in [0.25, 0.3) is 22.7 Å². The van der Waals surface area contributed by atoms with Crippen LogP contribution in [-0.4, -0.2) is 49.7 Å². The van der Waals surface area contributed by atoms with Gasteiger partial charge in [-0.15, -0.1) is 0 Å². The molecule has 0 fully saturated rings. The van der Waals surface area contributed by atoms with Gasteiger partial charge in [0.15, 0.2) is 0 Å². The molecule has 0 spiro atoms. The van der Waals surface area contributed by atoms with E-state index < -0.39 is 46.9 Å². The number of nitrogens with zero attached hydrogens (tertiary/aromatic N) is 8. The molecule has 0 atom stereocenters. The Morgan fingerprint density at radius 1 is 0.262 bits per heavy atom. The molecule has 2 heterocycles. The number of anilines is 17. The van der Waals surface area contributed by atoms with Crippen LogP contribution in [0.3, 0.4) is 0 Å². The molecule has 36 N–H and O–H groups in total. The number of phenols is 2. The molecule has 0 amide bonds. The first-order valence-corrected chi connectivity index (χ1v) is 35.2. The van der Waals surface area contributed by atoms with Gasteiger partial charge in [-0.3, -0.25) is 60.7 Å². The Balaban J connectivity index is 0.000000666. The highest BCUT2D eigenvalue weighted by atomic mass is 19.1. The van der Waals surface area contributed by atoms with Crippen LogP contribution in [0.5, 0.6) is 11.5 Å². The van der Waals surface area contributed by atoms with Crippen molar-refractivity contribution in [3.63, 3.8) is 0 Å². The number of pyridine rings is 2. The summed E-state index contributed by atoms with van der Waals surface area (Å²) >= 11 is 0. The lowest BCUT2D eigenvalue weighted by molar-refractivity contribution is -0.390. The number of para-hydroxylation sites is 2. The number of nitrogens with two attached hydrogens (primary N) is 17. The summed E-state index contributed by atoms with van der Waals surface area (Å²) in [5, 5.41) is 78.8. The zero-order valence-electron chi connectivity index (χ0n) is 68.4. The molecule has 0 aliphatic carbocycles. The molecule has 12 rings (SSSR count). The molecule has 0 aliphatic rings. The van der Waals surface area contributed by atoms with Crippen LogP contribution < -0.4 is 97.5 Å². The first-order chi connectivity index (χ1) is 56.7. The van der Waals surface area contributed by atoms with Gasteiger partial charge in [0.1, 0.15) is 40.1 Å². The first-order valence-electron chi connectivity index (χ1n) is 35.2. The van der Waals surface area contributed by atoms with Crippen molar-refractivity contribution in [2.75, 3.05) is 97.5 Å². The van der Waals surface area contributed by atoms with Crippen LogP contribution in [0.15, 0.2) is 194 Å². The number of rotatable bonds is 6. The van der Waals surface area contributed by atoms with Gasteiger partial charge in [0.05, 0.1) is 92.1 Å². The summed E-state index contributed by atoms with van der Waals surface area (Å²) in [6.07, 6.45) is 0. The van der Waals surface area contributed by atoms with Crippen molar-refractivity contribution in [2.24, 2.45) is 0 Å². The van der Waals surface area contributed by atoms with Crippen LogP contribution in [0.4, 0.5) is 140 Å². The predicted octanol–water partition coefficient (Wildman–Crippen LogP) is 14.5. The minimum atomic E-state index is -1.16. The average molecular weight is 1690 g/mol. The number of aromatic nitrogens is 2. The Kier molecular flexibility index (Phi) is 41.9. The van der Waals surface area contributed by atoms with Crippen molar-refractivity contribution in [3.05, 3.63) is 328 Å². The third kappa shape index (κ3) is 35.8. The summed E-state index contributed by atoms with van der Waals surface area (Å²) in [7, 11) is 0. The van der Waals surface area contributed by atoms with Crippen LogP contribution in [0.1, 0.15) is 61.5 Å². The quantitative estimate of drug-likeness (QED) is 0.0418. The minimum absolute atomic E-state index is 0.0156. The third-order valence-electron chi connectivity index (χ3n) is 16.1. The van der Waals surface area contributed by atoms with E-state index >= 15 is 0 Å². The first kappa shape index (κ1) is 103. The maximum atomic E-state index is 12.4. The number of benzene rings is 10. The number of hydrogen-bond donors (Lipinski definition) is 19. The zero-order chi connectivity index (χ0) is 93.4. The lowest BCUT2D eigenvalue weighted by Gasteiger charge is -2.05. The molecule has 0 unspecified atom stereocenters. The second kappa shape index (κ2) is 49.7. The number of aryl methyl sites for hydroxylation is 9. The molecular weight excluding hydrogens is 1590 g/mol. The lowest BCUT2D eigenvalue weighted by Crippen LogP contribution is -1.99. The molecule has 648 valence electrons. The van der Waals surface area contributed by atoms with Crippen LogP contribution in [0.25, 0.3) is 0 Å². The van der Waals surface area contributed by atoms with E-state index in [0.29, 0.717) is 74.1 Å². The van der Waals surface area contributed by atoms with Crippen LogP contribution in [0.2, 0.25) is 0 Å². The fraction of sp³-hybridized carbons (Fsp3) is 0.136. The number of aromatic hydroxyl groups is 2. The number of nitro benzene ring substituents is 5. The molecule has 0 bridgehead atoms. The Morgan fingerprint density at radius 3 is 0.861 bits per heavy atom. The van der Waals surface area contributed by atoms with Crippen LogP contribution in [-0.2, 0) is 0 Å². The molecule has 41 heteroatoms. The standard InChI is InChI=1S/C8H10N2O2.C8H12N2.C7H8N2O2.4C7H10N2.C6H3F2NO2.C6H7N3O2.C6H9N3.2C6H6N2O3/c1-5-3-4-7(10(11)12)8(9)6(5)2;1-5-3-4-7(9)8(10)6(5)2;1-5-2-3-7(9(10)11)6(8)4-5;3*1-5-2-3-6(8)7(9)4-5;1-5-3-2-4-6(8)7(5)9;7-4-2-1-3-5(8)6(4)9(10)11;1-4-2-3-5(9(10)11)6(7)8-4;1-4-2-3-5(7)6(8)9-4;2*7-5-3-4(9)1-2-6(5)8(10)11/h3-4H,9H2,1-2H3;3-4H,9-10H2,1-2H3;2-4H,8H2,1H3;4*2-4H,8-9H2,1H3;1-3H;2-3H,1H3,(H2,7,8);2-3H,7H2,1H3,(H2,8,9);2*1-3,9H,7H2. The van der Waals surface area contributed by atoms with Crippen molar-refractivity contribution in [1.82, 2.24) is 9.97 Å². The average Bonchev–Trinajstić information content (AvgIpc) is 0.828. The number of nitrogen functional groups attached to an aromatic ring is 17. The minimum Gasteiger partial charge on any atom is -0.508 e. The van der Waals surface area contributed by atoms with Crippen LogP contribution >= 0.6 is 0 Å². The molecule has 12 aromatic rings. The Labute approximate surface area is 699 Å². The van der Waals surface area contributed by atoms with Crippen molar-refractivity contribution >= 4 is 131 Å². The second-order valence-electron chi connectivity index (χ2n) is 25.9. The van der Waals surface area contributed by atoms with Gasteiger partial charge >= 0.3 is 11.4 Å². The Morgan fingerprint density at radius 2 is 0.557 bits per heavy atom. The van der Waals surface area contributed by atoms with E-state index in [1.54, 1.807) is 50.2 Å². The zero-order valence-corrected chi connectivity index (χ0v) is 68.4. The summed E-state index contributed by atoms with van der Waals surface area (Å²) in [6, 6.07) is 50.2. The summed E-state index contributed by atoms with van der Waals surface area (Å²) < 4.78 is 24.8. The molecular formula is C81H101F2N25O14. The van der Waals surface area contributed by atoms with Crippen molar-refractivity contribution < 1.29 is 48.5 Å². The summed E-state index contributed by atoms with van der Waals surface area (Å²) in [5.41, 5.74) is 110. The summed E-state index contributed by atoms with van der Waals surface area (Å²) in [4.78, 5) is 65.1. The van der Waals surface area contributed by atoms with Gasteiger partial charge in [-0.2, -0.15) is 8.78 Å². The molecule has 10 aromatic carbocycles. The molecule has 0 saturated carbocycles. The van der Waals surface area contributed by atoms with E-state index in [1.165, 1.54) is 35.9 Å². The fourth-order valence-corrected chi connectivity index (χ4v) is 8.86. The molecule has 122 heavy (non-hydrogen) atoms. The van der Waals surface area contributed by atoms with Crippen molar-refractivity contribution in [3.8, 4) is 11.5 Å². The summed E-state index contributed by atoms with van der Waals surface area (Å²) in [6.45, 7) is 20.9. The van der Waals surface area contributed by atoms with Gasteiger partial charge in [0.2, 0.25) is 17.5 Å². The van der Waals surface area contributed by atoms with Gasteiger partial charge in [0, 0.05) is 53.9 Å². The molecule has 0 aliphatic heterocycles. The highest BCUT2D eigenvalue weighted by Crippen LogP contribution is 2.30. The van der Waals surface area contributed by atoms with Crippen molar-refractivity contribution in [2.45, 2.75) is 76.2 Å². The highest BCUT2D eigenvalue weighted by Gasteiger charge is 2.20. The maximum Gasteiger partial charge on any atom is 0.340 e. The van der Waals surface area contributed by atoms with E-state index in [-0.39, 0.29) is 68.5 Å². The SMILES string of the molecule is Cc1ccc(N)c(N)c1.Cc1ccc(N)c(N)c1.Cc1ccc(N)c(N)c1.Cc1ccc(N)c(N)c1C.Cc1ccc(N)c(N)n1.Cc1ccc([N+](=O)[O-])c(N)c1.Cc1ccc([N+](=O)[O-])c(N)c1C.Cc1ccc([N+](=O)[O-])c(N)n1.Cc1cccc(N)c1N.Nc1cc(O)ccc1[N+](=O)[O-].Nc1cc(O)ccc1[N+](=O)[O-].O=[N+]([O-])c1c(F)cccc1F. The number of nitro groups is 6. The highest BCUT2D eigenvalue weighted by molar-refractivity contribution is 5.71. The maximum absolute atomic E-state index is 12.4. The molecule has 39 nitrogen and oxygen atoms in total. The van der Waals surface area contributed by atoms with Gasteiger partial charge in [-0.1, -0.05) is 54.6 Å².